The smallest absolute Gasteiger partial charge is 0.237 e. The number of hydrogen-bond donors (Lipinski definition) is 2. The van der Waals surface area contributed by atoms with Crippen molar-refractivity contribution in [1.82, 2.24) is 15.5 Å². The molecular weight excluding hydrogens is 302 g/mol. The second kappa shape index (κ2) is 14.1. The molecule has 2 N–H and O–H groups in total. The maximum atomic E-state index is 12.0. The van der Waals surface area contributed by atoms with Crippen LogP contribution in [0.3, 0.4) is 0 Å². The Morgan fingerprint density at radius 3 is 2.35 bits per heavy atom. The molecule has 0 bridgehead atoms. The Morgan fingerprint density at radius 2 is 1.78 bits per heavy atom. The molecule has 0 saturated heterocycles. The van der Waals surface area contributed by atoms with E-state index in [0.29, 0.717) is 52.2 Å². The first-order chi connectivity index (χ1) is 11.0. The molecule has 0 fully saturated rings. The number of amides is 2. The van der Waals surface area contributed by atoms with Crippen LogP contribution in [0.1, 0.15) is 13.8 Å². The van der Waals surface area contributed by atoms with Gasteiger partial charge in [0.1, 0.15) is 6.29 Å². The van der Waals surface area contributed by atoms with Crippen molar-refractivity contribution in [2.24, 2.45) is 5.92 Å². The van der Waals surface area contributed by atoms with E-state index >= 15 is 0 Å². The maximum absolute atomic E-state index is 12.0. The number of hydrogen-bond acceptors (Lipinski definition) is 6. The number of nitrogens with zero attached hydrogens (tertiary/aromatic N) is 1. The molecule has 0 spiro atoms. The minimum atomic E-state index is -0.302. The monoisotopic (exact) mass is 331 g/mol. The second-order valence-corrected chi connectivity index (χ2v) is 5.38. The molecule has 0 aliphatic rings. The number of carbonyl (C=O) groups excluding carboxylic acids is 3. The van der Waals surface area contributed by atoms with Crippen LogP contribution in [0.4, 0.5) is 0 Å². The topological polar surface area (TPSA) is 97.0 Å². The minimum Gasteiger partial charge on any atom is -0.378 e. The average molecular weight is 331 g/mol. The van der Waals surface area contributed by atoms with Gasteiger partial charge in [-0.05, 0) is 13.0 Å². The third-order valence-corrected chi connectivity index (χ3v) is 3.17. The van der Waals surface area contributed by atoms with Gasteiger partial charge in [0.25, 0.3) is 0 Å². The van der Waals surface area contributed by atoms with Gasteiger partial charge in [-0.25, -0.2) is 0 Å². The van der Waals surface area contributed by atoms with Gasteiger partial charge in [-0.15, -0.1) is 0 Å². The van der Waals surface area contributed by atoms with E-state index in [4.69, 9.17) is 9.47 Å². The minimum absolute atomic E-state index is 0.0304. The third-order valence-electron chi connectivity index (χ3n) is 3.17. The normalized spacial score (nSPS) is 12.2. The molecule has 0 aliphatic heterocycles. The lowest BCUT2D eigenvalue weighted by Gasteiger charge is -2.29. The standard InChI is InChI=1S/C15H29N3O5/c1-13(2)14(15(21)17-4-7-19)18(3)6-9-23-11-10-22-8-5-16-12-20/h7,12-14H,4-6,8-11H2,1-3H3,(H,16,20)(H,17,21). The largest absolute Gasteiger partial charge is 0.378 e. The lowest BCUT2D eigenvalue weighted by Crippen LogP contribution is -2.49. The lowest BCUT2D eigenvalue weighted by molar-refractivity contribution is -0.128. The zero-order valence-corrected chi connectivity index (χ0v) is 14.2. The highest BCUT2D eigenvalue weighted by Crippen LogP contribution is 2.09. The highest BCUT2D eigenvalue weighted by Gasteiger charge is 2.25. The van der Waals surface area contributed by atoms with E-state index in [1.807, 2.05) is 25.8 Å². The van der Waals surface area contributed by atoms with E-state index in [1.54, 1.807) is 0 Å². The van der Waals surface area contributed by atoms with E-state index in [0.717, 1.165) is 0 Å². The van der Waals surface area contributed by atoms with Gasteiger partial charge in [0.15, 0.2) is 0 Å². The Kier molecular flexibility index (Phi) is 13.2. The van der Waals surface area contributed by atoms with Gasteiger partial charge in [-0.3, -0.25) is 14.5 Å². The zero-order valence-electron chi connectivity index (χ0n) is 14.2. The fraction of sp³-hybridized carbons (Fsp3) is 0.800. The quantitative estimate of drug-likeness (QED) is 0.296. The van der Waals surface area contributed by atoms with Crippen LogP contribution in [-0.2, 0) is 23.9 Å². The summed E-state index contributed by atoms with van der Waals surface area (Å²) in [5.41, 5.74) is 0. The molecule has 1 unspecified atom stereocenters. The molecule has 0 heterocycles. The molecule has 2 amide bonds. The summed E-state index contributed by atoms with van der Waals surface area (Å²) >= 11 is 0. The van der Waals surface area contributed by atoms with Gasteiger partial charge in [0.05, 0.1) is 39.0 Å². The molecule has 0 saturated carbocycles. The summed E-state index contributed by atoms with van der Waals surface area (Å²) in [7, 11) is 1.86. The van der Waals surface area contributed by atoms with Gasteiger partial charge in [0.2, 0.25) is 12.3 Å². The van der Waals surface area contributed by atoms with E-state index < -0.39 is 0 Å². The first-order valence-electron chi connectivity index (χ1n) is 7.78. The van der Waals surface area contributed by atoms with E-state index in [2.05, 4.69) is 10.6 Å². The Bertz CT molecular complexity index is 339. The van der Waals surface area contributed by atoms with Crippen LogP contribution >= 0.6 is 0 Å². The van der Waals surface area contributed by atoms with Crippen molar-refractivity contribution in [2.45, 2.75) is 19.9 Å². The summed E-state index contributed by atoms with van der Waals surface area (Å²) in [6.45, 7) is 6.89. The van der Waals surface area contributed by atoms with E-state index in [9.17, 15) is 14.4 Å². The molecule has 134 valence electrons. The Hall–Kier alpha value is -1.51. The summed E-state index contributed by atoms with van der Waals surface area (Å²) in [5.74, 6) is -0.0269. The van der Waals surface area contributed by atoms with Crippen molar-refractivity contribution in [3.05, 3.63) is 0 Å². The van der Waals surface area contributed by atoms with Crippen molar-refractivity contribution in [3.63, 3.8) is 0 Å². The van der Waals surface area contributed by atoms with Crippen molar-refractivity contribution >= 4 is 18.6 Å². The fourth-order valence-corrected chi connectivity index (χ4v) is 2.12. The van der Waals surface area contributed by atoms with Crippen molar-refractivity contribution < 1.29 is 23.9 Å². The number of likely N-dealkylation sites (N-methyl/N-ethyl adjacent to an activating group) is 1. The first-order valence-corrected chi connectivity index (χ1v) is 7.78. The van der Waals surface area contributed by atoms with Gasteiger partial charge in [-0.1, -0.05) is 13.8 Å². The molecule has 8 heteroatoms. The molecule has 0 aromatic heterocycles. The number of aldehydes is 1. The fourth-order valence-electron chi connectivity index (χ4n) is 2.12. The molecular formula is C15H29N3O5. The number of rotatable bonds is 15. The Balaban J connectivity index is 3.87. The van der Waals surface area contributed by atoms with Gasteiger partial charge < -0.3 is 24.9 Å². The van der Waals surface area contributed by atoms with Crippen LogP contribution in [0.15, 0.2) is 0 Å². The molecule has 8 nitrogen and oxygen atoms in total. The predicted molar refractivity (Wildman–Crippen MR) is 86.0 cm³/mol. The van der Waals surface area contributed by atoms with Crippen LogP contribution in [0.25, 0.3) is 0 Å². The summed E-state index contributed by atoms with van der Waals surface area (Å²) in [4.78, 5) is 34.3. The zero-order chi connectivity index (χ0) is 17.5. The molecule has 0 radical (unpaired) electrons. The molecule has 0 aromatic carbocycles. The molecule has 0 aliphatic carbocycles. The summed E-state index contributed by atoms with van der Waals surface area (Å²) in [5, 5.41) is 5.09. The first kappa shape index (κ1) is 21.5. The maximum Gasteiger partial charge on any atom is 0.237 e. The molecule has 23 heavy (non-hydrogen) atoms. The van der Waals surface area contributed by atoms with Crippen LogP contribution in [0.2, 0.25) is 0 Å². The second-order valence-electron chi connectivity index (χ2n) is 5.38. The molecule has 0 rings (SSSR count). The summed E-state index contributed by atoms with van der Waals surface area (Å²) in [6, 6.07) is -0.302. The van der Waals surface area contributed by atoms with Crippen LogP contribution in [0.5, 0.6) is 0 Å². The van der Waals surface area contributed by atoms with E-state index in [-0.39, 0.29) is 24.4 Å². The van der Waals surface area contributed by atoms with Gasteiger partial charge >= 0.3 is 0 Å². The number of ether oxygens (including phenoxy) is 2. The van der Waals surface area contributed by atoms with Gasteiger partial charge in [-0.2, -0.15) is 0 Å². The lowest BCUT2D eigenvalue weighted by atomic mass is 10.0. The summed E-state index contributed by atoms with van der Waals surface area (Å²) in [6.07, 6.45) is 1.30. The van der Waals surface area contributed by atoms with Crippen molar-refractivity contribution in [1.29, 1.82) is 0 Å². The predicted octanol–water partition coefficient (Wildman–Crippen LogP) is -0.963. The van der Waals surface area contributed by atoms with Crippen LogP contribution in [0, 0.1) is 5.92 Å². The van der Waals surface area contributed by atoms with Crippen molar-refractivity contribution in [2.75, 3.05) is 53.1 Å². The third kappa shape index (κ3) is 10.8. The highest BCUT2D eigenvalue weighted by molar-refractivity contribution is 5.83. The summed E-state index contributed by atoms with van der Waals surface area (Å²) < 4.78 is 10.7. The number of carbonyl (C=O) groups is 3. The van der Waals surface area contributed by atoms with Gasteiger partial charge in [0, 0.05) is 13.1 Å². The van der Waals surface area contributed by atoms with Crippen LogP contribution in [-0.4, -0.2) is 82.7 Å². The van der Waals surface area contributed by atoms with Crippen molar-refractivity contribution in [3.8, 4) is 0 Å². The average Bonchev–Trinajstić information content (AvgIpc) is 2.51. The van der Waals surface area contributed by atoms with Crippen LogP contribution < -0.4 is 10.6 Å². The number of nitrogens with one attached hydrogen (secondary N) is 2. The molecule has 0 aromatic rings. The Labute approximate surface area is 137 Å². The highest BCUT2D eigenvalue weighted by atomic mass is 16.5. The Morgan fingerprint density at radius 1 is 1.13 bits per heavy atom. The SMILES string of the molecule is CC(C)C(C(=O)NCC=O)N(C)CCOCCOCCNC=O. The molecule has 1 atom stereocenters. The van der Waals surface area contributed by atoms with E-state index in [1.165, 1.54) is 0 Å².